The minimum absolute atomic E-state index is 0.985. The lowest BCUT2D eigenvalue weighted by Crippen LogP contribution is -2.26. The highest BCUT2D eigenvalue weighted by molar-refractivity contribution is 9.10. The molecule has 116 valence electrons. The van der Waals surface area contributed by atoms with Gasteiger partial charge in [0.25, 0.3) is 0 Å². The SMILES string of the molecule is CN1CCN(c2ccc3ccccc3c2)c2ccc(Br)cc2C1. The smallest absolute Gasteiger partial charge is 0.0457 e. The number of rotatable bonds is 1. The fourth-order valence-electron chi connectivity index (χ4n) is 3.32. The van der Waals surface area contributed by atoms with Crippen molar-refractivity contribution in [2.75, 3.05) is 25.0 Å². The number of hydrogen-bond donors (Lipinski definition) is 0. The Labute approximate surface area is 145 Å². The Morgan fingerprint density at radius 3 is 2.57 bits per heavy atom. The van der Waals surface area contributed by atoms with Gasteiger partial charge in [0.2, 0.25) is 0 Å². The number of halogens is 1. The van der Waals surface area contributed by atoms with E-state index in [1.165, 1.54) is 27.7 Å². The van der Waals surface area contributed by atoms with Crippen molar-refractivity contribution in [1.82, 2.24) is 4.90 Å². The van der Waals surface area contributed by atoms with Gasteiger partial charge in [-0.1, -0.05) is 46.3 Å². The van der Waals surface area contributed by atoms with Crippen LogP contribution in [0.2, 0.25) is 0 Å². The first-order valence-corrected chi connectivity index (χ1v) is 8.73. The van der Waals surface area contributed by atoms with Gasteiger partial charge in [-0.15, -0.1) is 0 Å². The molecule has 1 aliphatic heterocycles. The van der Waals surface area contributed by atoms with Gasteiger partial charge in [0.05, 0.1) is 0 Å². The van der Waals surface area contributed by atoms with Crippen LogP contribution in [0.25, 0.3) is 10.8 Å². The highest BCUT2D eigenvalue weighted by atomic mass is 79.9. The molecule has 0 bridgehead atoms. The Kier molecular flexibility index (Phi) is 3.83. The molecule has 0 fully saturated rings. The van der Waals surface area contributed by atoms with Crippen LogP contribution in [0.3, 0.4) is 0 Å². The van der Waals surface area contributed by atoms with Crippen LogP contribution in [0, 0.1) is 0 Å². The van der Waals surface area contributed by atoms with Crippen molar-refractivity contribution in [2.45, 2.75) is 6.54 Å². The molecule has 4 rings (SSSR count). The molecule has 0 N–H and O–H groups in total. The molecule has 23 heavy (non-hydrogen) atoms. The number of anilines is 2. The van der Waals surface area contributed by atoms with Crippen LogP contribution < -0.4 is 4.90 Å². The van der Waals surface area contributed by atoms with Gasteiger partial charge in [-0.05, 0) is 53.7 Å². The topological polar surface area (TPSA) is 6.48 Å². The number of nitrogens with zero attached hydrogens (tertiary/aromatic N) is 2. The molecule has 0 saturated heterocycles. The van der Waals surface area contributed by atoms with Gasteiger partial charge >= 0.3 is 0 Å². The maximum atomic E-state index is 3.61. The molecule has 0 atom stereocenters. The van der Waals surface area contributed by atoms with Crippen molar-refractivity contribution in [1.29, 1.82) is 0 Å². The third-order valence-corrected chi connectivity index (χ3v) is 5.02. The molecule has 0 spiro atoms. The van der Waals surface area contributed by atoms with Crippen molar-refractivity contribution in [3.8, 4) is 0 Å². The second-order valence-electron chi connectivity index (χ2n) is 6.19. The first-order chi connectivity index (χ1) is 11.2. The van der Waals surface area contributed by atoms with E-state index in [9.17, 15) is 0 Å². The molecule has 3 heteroatoms. The van der Waals surface area contributed by atoms with Crippen LogP contribution in [0.5, 0.6) is 0 Å². The quantitative estimate of drug-likeness (QED) is 0.584. The fraction of sp³-hybridized carbons (Fsp3) is 0.200. The minimum atomic E-state index is 0.985. The Morgan fingerprint density at radius 2 is 1.70 bits per heavy atom. The van der Waals surface area contributed by atoms with Crippen LogP contribution in [-0.4, -0.2) is 25.0 Å². The fourth-order valence-corrected chi connectivity index (χ4v) is 3.73. The third-order valence-electron chi connectivity index (χ3n) is 4.52. The summed E-state index contributed by atoms with van der Waals surface area (Å²) in [5, 5.41) is 2.58. The molecule has 0 unspecified atom stereocenters. The first kappa shape index (κ1) is 14.7. The maximum Gasteiger partial charge on any atom is 0.0457 e. The summed E-state index contributed by atoms with van der Waals surface area (Å²) in [7, 11) is 2.19. The highest BCUT2D eigenvalue weighted by Gasteiger charge is 2.19. The lowest BCUT2D eigenvalue weighted by atomic mass is 10.1. The summed E-state index contributed by atoms with van der Waals surface area (Å²) < 4.78 is 1.14. The van der Waals surface area contributed by atoms with Gasteiger partial charge < -0.3 is 9.80 Å². The second-order valence-corrected chi connectivity index (χ2v) is 7.11. The van der Waals surface area contributed by atoms with E-state index in [4.69, 9.17) is 0 Å². The zero-order valence-electron chi connectivity index (χ0n) is 13.2. The van der Waals surface area contributed by atoms with E-state index in [-0.39, 0.29) is 0 Å². The normalized spacial score (nSPS) is 15.5. The summed E-state index contributed by atoms with van der Waals surface area (Å²) in [4.78, 5) is 4.82. The average Bonchev–Trinajstić information content (AvgIpc) is 2.72. The first-order valence-electron chi connectivity index (χ1n) is 7.94. The molecular weight excluding hydrogens is 348 g/mol. The van der Waals surface area contributed by atoms with E-state index >= 15 is 0 Å². The van der Waals surface area contributed by atoms with Crippen LogP contribution in [-0.2, 0) is 6.54 Å². The average molecular weight is 367 g/mol. The molecular formula is C20H19BrN2. The maximum absolute atomic E-state index is 3.61. The lowest BCUT2D eigenvalue weighted by Gasteiger charge is -2.25. The summed E-state index contributed by atoms with van der Waals surface area (Å²) in [6.07, 6.45) is 0. The van der Waals surface area contributed by atoms with E-state index in [1.807, 2.05) is 0 Å². The van der Waals surface area contributed by atoms with E-state index < -0.39 is 0 Å². The number of benzene rings is 3. The van der Waals surface area contributed by atoms with E-state index in [0.29, 0.717) is 0 Å². The van der Waals surface area contributed by atoms with E-state index in [2.05, 4.69) is 93.4 Å². The van der Waals surface area contributed by atoms with Gasteiger partial charge in [-0.3, -0.25) is 0 Å². The van der Waals surface area contributed by atoms with Crippen LogP contribution >= 0.6 is 15.9 Å². The van der Waals surface area contributed by atoms with Crippen molar-refractivity contribution in [2.24, 2.45) is 0 Å². The Hall–Kier alpha value is -1.84. The van der Waals surface area contributed by atoms with Gasteiger partial charge in [0.1, 0.15) is 0 Å². The zero-order valence-corrected chi connectivity index (χ0v) is 14.8. The Morgan fingerprint density at radius 1 is 0.870 bits per heavy atom. The molecule has 0 saturated carbocycles. The summed E-state index contributed by atoms with van der Waals surface area (Å²) in [6, 6.07) is 21.9. The monoisotopic (exact) mass is 366 g/mol. The Balaban J connectivity index is 1.83. The van der Waals surface area contributed by atoms with Crippen molar-refractivity contribution < 1.29 is 0 Å². The molecule has 1 aliphatic rings. The minimum Gasteiger partial charge on any atom is -0.340 e. The molecule has 0 aliphatic carbocycles. The van der Waals surface area contributed by atoms with Crippen molar-refractivity contribution >= 4 is 38.1 Å². The third kappa shape index (κ3) is 2.87. The zero-order chi connectivity index (χ0) is 15.8. The molecule has 2 nitrogen and oxygen atoms in total. The predicted octanol–water partition coefficient (Wildman–Crippen LogP) is 5.19. The number of fused-ring (bicyclic) bond motifs is 2. The molecule has 0 aromatic heterocycles. The standard InChI is InChI=1S/C20H19BrN2/c1-22-10-11-23(20-9-7-18(21)12-17(20)14-22)19-8-6-15-4-2-3-5-16(15)13-19/h2-9,12-13H,10-11,14H2,1H3. The largest absolute Gasteiger partial charge is 0.340 e. The predicted molar refractivity (Wildman–Crippen MR) is 101 cm³/mol. The van der Waals surface area contributed by atoms with Gasteiger partial charge in [0, 0.05) is 35.5 Å². The highest BCUT2D eigenvalue weighted by Crippen LogP contribution is 2.34. The van der Waals surface area contributed by atoms with Gasteiger partial charge in [-0.2, -0.15) is 0 Å². The summed E-state index contributed by atoms with van der Waals surface area (Å²) in [5.74, 6) is 0. The molecule has 3 aromatic carbocycles. The summed E-state index contributed by atoms with van der Waals surface area (Å²) in [6.45, 7) is 3.04. The number of hydrogen-bond acceptors (Lipinski definition) is 2. The van der Waals surface area contributed by atoms with Crippen molar-refractivity contribution in [3.63, 3.8) is 0 Å². The van der Waals surface area contributed by atoms with E-state index in [1.54, 1.807) is 0 Å². The van der Waals surface area contributed by atoms with Crippen LogP contribution in [0.15, 0.2) is 65.1 Å². The van der Waals surface area contributed by atoms with E-state index in [0.717, 1.165) is 24.1 Å². The molecule has 0 radical (unpaired) electrons. The summed E-state index contributed by atoms with van der Waals surface area (Å²) in [5.41, 5.74) is 3.95. The number of likely N-dealkylation sites (N-methyl/N-ethyl adjacent to an activating group) is 1. The molecule has 0 amide bonds. The second kappa shape index (κ2) is 5.99. The molecule has 3 aromatic rings. The van der Waals surface area contributed by atoms with Crippen LogP contribution in [0.1, 0.15) is 5.56 Å². The summed E-state index contributed by atoms with van der Waals surface area (Å²) >= 11 is 3.61. The van der Waals surface area contributed by atoms with Gasteiger partial charge in [-0.25, -0.2) is 0 Å². The van der Waals surface area contributed by atoms with Crippen LogP contribution in [0.4, 0.5) is 11.4 Å². The van der Waals surface area contributed by atoms with Gasteiger partial charge in [0.15, 0.2) is 0 Å². The van der Waals surface area contributed by atoms with Crippen molar-refractivity contribution in [3.05, 3.63) is 70.7 Å². The lowest BCUT2D eigenvalue weighted by molar-refractivity contribution is 0.343. The Bertz CT molecular complexity index is 859. The molecule has 1 heterocycles.